The highest BCUT2D eigenvalue weighted by Gasteiger charge is 2.05. The third-order valence-corrected chi connectivity index (χ3v) is 3.23. The first-order chi connectivity index (χ1) is 10.5. The number of hydrogen-bond donors (Lipinski definition) is 2. The molecule has 0 amide bonds. The Balaban J connectivity index is 0.000000422. The molecule has 0 saturated carbocycles. The zero-order valence-corrected chi connectivity index (χ0v) is 13.3. The van der Waals surface area contributed by atoms with Crippen LogP contribution in [0.3, 0.4) is 0 Å². The molecule has 0 spiro atoms. The van der Waals surface area contributed by atoms with Gasteiger partial charge in [-0.3, -0.25) is 4.79 Å². The van der Waals surface area contributed by atoms with Gasteiger partial charge in [0.15, 0.2) is 0 Å². The van der Waals surface area contributed by atoms with E-state index in [0.29, 0.717) is 0 Å². The summed E-state index contributed by atoms with van der Waals surface area (Å²) in [5, 5.41) is 7.60. The fraction of sp³-hybridized carbons (Fsp3) is 0.278. The molecule has 0 fully saturated rings. The van der Waals surface area contributed by atoms with Crippen LogP contribution in [-0.2, 0) is 11.2 Å². The molecule has 0 radical (unpaired) electrons. The molecule has 4 heteroatoms. The SMILES string of the molecule is CCc1cc(OC)ccc1-c1ccc(C)cc1.NCC(=O)O. The second-order valence-corrected chi connectivity index (χ2v) is 4.84. The molecule has 0 bridgehead atoms. The van der Waals surface area contributed by atoms with E-state index < -0.39 is 5.97 Å². The number of nitrogens with two attached hydrogens (primary N) is 1. The summed E-state index contributed by atoms with van der Waals surface area (Å²) in [5.41, 5.74) is 9.76. The lowest BCUT2D eigenvalue weighted by molar-refractivity contribution is -0.135. The summed E-state index contributed by atoms with van der Waals surface area (Å²) in [6, 6.07) is 14.9. The molecule has 0 unspecified atom stereocenters. The number of carboxylic acids is 1. The van der Waals surface area contributed by atoms with Crippen LogP contribution in [0.2, 0.25) is 0 Å². The van der Waals surface area contributed by atoms with E-state index in [-0.39, 0.29) is 6.54 Å². The van der Waals surface area contributed by atoms with Gasteiger partial charge in [0, 0.05) is 0 Å². The number of ether oxygens (including phenoxy) is 1. The van der Waals surface area contributed by atoms with Crippen LogP contribution in [0.25, 0.3) is 11.1 Å². The Morgan fingerprint density at radius 1 is 1.18 bits per heavy atom. The van der Waals surface area contributed by atoms with Crippen molar-refractivity contribution < 1.29 is 14.6 Å². The van der Waals surface area contributed by atoms with Gasteiger partial charge in [0.2, 0.25) is 0 Å². The highest BCUT2D eigenvalue weighted by atomic mass is 16.5. The third kappa shape index (κ3) is 5.22. The van der Waals surface area contributed by atoms with Gasteiger partial charge in [-0.1, -0.05) is 42.8 Å². The molecule has 0 aromatic heterocycles. The standard InChI is InChI=1S/C16H18O.C2H5NO2/c1-4-13-11-15(17-3)9-10-16(13)14-7-5-12(2)6-8-14;3-1-2(4)5/h5-11H,4H2,1-3H3;1,3H2,(H,4,5). The summed E-state index contributed by atoms with van der Waals surface area (Å²) in [6.07, 6.45) is 1.01. The van der Waals surface area contributed by atoms with Gasteiger partial charge in [-0.15, -0.1) is 0 Å². The fourth-order valence-electron chi connectivity index (χ4n) is 2.00. The van der Waals surface area contributed by atoms with E-state index in [1.807, 2.05) is 6.07 Å². The van der Waals surface area contributed by atoms with Crippen LogP contribution in [0.5, 0.6) is 5.75 Å². The maximum absolute atomic E-state index is 9.24. The summed E-state index contributed by atoms with van der Waals surface area (Å²) in [6.45, 7) is 4.00. The minimum Gasteiger partial charge on any atom is -0.497 e. The molecule has 3 N–H and O–H groups in total. The number of carbonyl (C=O) groups is 1. The van der Waals surface area contributed by atoms with Crippen LogP contribution in [0, 0.1) is 6.92 Å². The lowest BCUT2D eigenvalue weighted by Gasteiger charge is -2.10. The Morgan fingerprint density at radius 3 is 2.23 bits per heavy atom. The molecule has 2 aromatic rings. The Bertz CT molecular complexity index is 606. The molecule has 0 atom stereocenters. The normalized spacial score (nSPS) is 9.64. The smallest absolute Gasteiger partial charge is 0.317 e. The Morgan fingerprint density at radius 2 is 1.77 bits per heavy atom. The maximum atomic E-state index is 9.24. The van der Waals surface area contributed by atoms with Crippen molar-refractivity contribution in [2.24, 2.45) is 5.73 Å². The lowest BCUT2D eigenvalue weighted by Crippen LogP contribution is -2.10. The second-order valence-electron chi connectivity index (χ2n) is 4.84. The lowest BCUT2D eigenvalue weighted by atomic mass is 9.97. The number of benzene rings is 2. The fourth-order valence-corrected chi connectivity index (χ4v) is 2.00. The number of methoxy groups -OCH3 is 1. The van der Waals surface area contributed by atoms with Crippen molar-refractivity contribution in [1.82, 2.24) is 0 Å². The average molecular weight is 301 g/mol. The molecule has 22 heavy (non-hydrogen) atoms. The van der Waals surface area contributed by atoms with E-state index in [1.165, 1.54) is 22.3 Å². The van der Waals surface area contributed by atoms with Crippen LogP contribution in [0.4, 0.5) is 0 Å². The Kier molecular flexibility index (Phi) is 7.13. The predicted molar refractivity (Wildman–Crippen MR) is 89.2 cm³/mol. The van der Waals surface area contributed by atoms with Gasteiger partial charge in [-0.05, 0) is 42.2 Å². The van der Waals surface area contributed by atoms with Gasteiger partial charge >= 0.3 is 5.97 Å². The van der Waals surface area contributed by atoms with Crippen LogP contribution < -0.4 is 10.5 Å². The Hall–Kier alpha value is -2.33. The van der Waals surface area contributed by atoms with Crippen LogP contribution in [-0.4, -0.2) is 24.7 Å². The van der Waals surface area contributed by atoms with Crippen molar-refractivity contribution in [2.45, 2.75) is 20.3 Å². The van der Waals surface area contributed by atoms with E-state index in [0.717, 1.165) is 12.2 Å². The zero-order valence-electron chi connectivity index (χ0n) is 13.3. The topological polar surface area (TPSA) is 72.5 Å². The molecule has 0 aliphatic rings. The molecular weight excluding hydrogens is 278 g/mol. The van der Waals surface area contributed by atoms with Crippen LogP contribution in [0.15, 0.2) is 42.5 Å². The first-order valence-electron chi connectivity index (χ1n) is 7.17. The van der Waals surface area contributed by atoms with Crippen molar-refractivity contribution in [3.05, 3.63) is 53.6 Å². The van der Waals surface area contributed by atoms with Gasteiger partial charge in [-0.2, -0.15) is 0 Å². The monoisotopic (exact) mass is 301 g/mol. The number of aryl methyl sites for hydroxylation is 2. The second kappa shape index (κ2) is 8.85. The maximum Gasteiger partial charge on any atom is 0.317 e. The number of hydrogen-bond acceptors (Lipinski definition) is 3. The van der Waals surface area contributed by atoms with Crippen LogP contribution >= 0.6 is 0 Å². The molecule has 0 aliphatic heterocycles. The largest absolute Gasteiger partial charge is 0.497 e. The van der Waals surface area contributed by atoms with Crippen molar-refractivity contribution in [2.75, 3.05) is 13.7 Å². The first kappa shape index (κ1) is 17.7. The summed E-state index contributed by atoms with van der Waals surface area (Å²) in [7, 11) is 1.71. The van der Waals surface area contributed by atoms with E-state index >= 15 is 0 Å². The van der Waals surface area contributed by atoms with Crippen LogP contribution in [0.1, 0.15) is 18.1 Å². The number of carboxylic acid groups (broad SMARTS) is 1. The minimum atomic E-state index is -0.968. The summed E-state index contributed by atoms with van der Waals surface area (Å²) in [5.74, 6) is -0.0392. The quantitative estimate of drug-likeness (QED) is 0.909. The first-order valence-corrected chi connectivity index (χ1v) is 7.17. The van der Waals surface area contributed by atoms with E-state index in [4.69, 9.17) is 9.84 Å². The predicted octanol–water partition coefficient (Wildman–Crippen LogP) is 3.26. The molecule has 2 rings (SSSR count). The van der Waals surface area contributed by atoms with Gasteiger partial charge in [0.1, 0.15) is 5.75 Å². The zero-order chi connectivity index (χ0) is 16.5. The highest BCUT2D eigenvalue weighted by Crippen LogP contribution is 2.28. The van der Waals surface area contributed by atoms with E-state index in [2.05, 4.69) is 56.0 Å². The average Bonchev–Trinajstić information content (AvgIpc) is 2.55. The van der Waals surface area contributed by atoms with E-state index in [1.54, 1.807) is 7.11 Å². The highest BCUT2D eigenvalue weighted by molar-refractivity contribution is 5.69. The number of aliphatic carboxylic acids is 1. The van der Waals surface area contributed by atoms with Crippen molar-refractivity contribution >= 4 is 5.97 Å². The van der Waals surface area contributed by atoms with Gasteiger partial charge < -0.3 is 15.6 Å². The van der Waals surface area contributed by atoms with E-state index in [9.17, 15) is 4.79 Å². The summed E-state index contributed by atoms with van der Waals surface area (Å²) in [4.78, 5) is 9.24. The van der Waals surface area contributed by atoms with Gasteiger partial charge in [-0.25, -0.2) is 0 Å². The van der Waals surface area contributed by atoms with Crippen molar-refractivity contribution in [3.63, 3.8) is 0 Å². The summed E-state index contributed by atoms with van der Waals surface area (Å²) < 4.78 is 5.27. The van der Waals surface area contributed by atoms with Gasteiger partial charge in [0.05, 0.1) is 13.7 Å². The molecule has 2 aromatic carbocycles. The van der Waals surface area contributed by atoms with Gasteiger partial charge in [0.25, 0.3) is 0 Å². The minimum absolute atomic E-state index is 0.278. The third-order valence-electron chi connectivity index (χ3n) is 3.23. The van der Waals surface area contributed by atoms with Crippen molar-refractivity contribution in [3.8, 4) is 16.9 Å². The Labute approximate surface area is 131 Å². The number of rotatable bonds is 4. The molecule has 0 aliphatic carbocycles. The molecule has 4 nitrogen and oxygen atoms in total. The summed E-state index contributed by atoms with van der Waals surface area (Å²) >= 11 is 0. The molecule has 118 valence electrons. The molecule has 0 saturated heterocycles. The molecular formula is C18H23NO3. The van der Waals surface area contributed by atoms with Crippen molar-refractivity contribution in [1.29, 1.82) is 0 Å². The molecule has 0 heterocycles.